The van der Waals surface area contributed by atoms with Crippen LogP contribution in [-0.2, 0) is 26.5 Å². The molecule has 0 spiro atoms. The number of fused-ring (bicyclic) bond motifs is 1. The lowest BCUT2D eigenvalue weighted by atomic mass is 9.82. The van der Waals surface area contributed by atoms with E-state index in [1.807, 2.05) is 30.3 Å². The molecule has 3 amide bonds. The number of carbonyl (C=O) groups is 3. The number of hydrogen-bond acceptors (Lipinski definition) is 6. The highest BCUT2D eigenvalue weighted by molar-refractivity contribution is 6.08. The Morgan fingerprint density at radius 2 is 2.05 bits per heavy atom. The molecule has 0 unspecified atom stereocenters. The highest BCUT2D eigenvalue weighted by Crippen LogP contribution is 2.46. The number of hydrogen-bond donors (Lipinski definition) is 4. The Hall–Kier alpha value is -3.79. The van der Waals surface area contributed by atoms with Crippen molar-refractivity contribution in [2.45, 2.75) is 44.4 Å². The van der Waals surface area contributed by atoms with Crippen LogP contribution in [-0.4, -0.2) is 65.1 Å². The first-order valence-corrected chi connectivity index (χ1v) is 13.7. The van der Waals surface area contributed by atoms with Gasteiger partial charge in [0.1, 0.15) is 0 Å². The van der Waals surface area contributed by atoms with E-state index < -0.39 is 17.4 Å². The first-order chi connectivity index (χ1) is 19.3. The quantitative estimate of drug-likeness (QED) is 0.304. The minimum atomic E-state index is -1.89. The van der Waals surface area contributed by atoms with Gasteiger partial charge < -0.3 is 30.6 Å². The van der Waals surface area contributed by atoms with Gasteiger partial charge in [0.15, 0.2) is 5.60 Å². The fourth-order valence-corrected chi connectivity index (χ4v) is 5.33. The number of anilines is 2. The maximum Gasteiger partial charge on any atom is 0.264 e. The Morgan fingerprint density at radius 3 is 2.73 bits per heavy atom. The third-order valence-corrected chi connectivity index (χ3v) is 7.54. The van der Waals surface area contributed by atoms with Crippen molar-refractivity contribution in [3.05, 3.63) is 84.5 Å². The molecule has 40 heavy (non-hydrogen) atoms. The summed E-state index contributed by atoms with van der Waals surface area (Å²) >= 11 is 0. The summed E-state index contributed by atoms with van der Waals surface area (Å²) in [6.07, 6.45) is 6.66. The second kappa shape index (κ2) is 13.0. The molecule has 2 aliphatic heterocycles. The van der Waals surface area contributed by atoms with Crippen LogP contribution in [0.5, 0.6) is 0 Å². The van der Waals surface area contributed by atoms with Crippen molar-refractivity contribution >= 4 is 29.1 Å². The number of nitrogens with zero attached hydrogens (tertiary/aromatic N) is 2. The van der Waals surface area contributed by atoms with Gasteiger partial charge in [-0.25, -0.2) is 0 Å². The first-order valence-electron chi connectivity index (χ1n) is 13.7. The van der Waals surface area contributed by atoms with E-state index in [-0.39, 0.29) is 44.0 Å². The van der Waals surface area contributed by atoms with Gasteiger partial charge in [0.05, 0.1) is 18.3 Å². The predicted octanol–water partition coefficient (Wildman–Crippen LogP) is 2.70. The second-order valence-electron chi connectivity index (χ2n) is 10.3. The standard InChI is InChI=1S/C31H38N4O5/c1-3-17-35-27-15-14-24(33-29(38)26-12-8-16-32-26)20-25(27)31(40,30(35)39)22(2)9-7-13-28(37)34(18-19-36)21-23-10-5-4-6-11-23/h3-7,9-11,14-15,20,22,26,32,36,40H,1,8,12-13,16-19,21H2,2H3,(H,33,38)/b9-7+/t22-,26-,31+/m1/s1. The molecule has 9 nitrogen and oxygen atoms in total. The van der Waals surface area contributed by atoms with Gasteiger partial charge in [-0.2, -0.15) is 0 Å². The summed E-state index contributed by atoms with van der Waals surface area (Å²) in [5.74, 6) is -1.49. The lowest BCUT2D eigenvalue weighted by Crippen LogP contribution is -2.44. The molecule has 2 aliphatic rings. The summed E-state index contributed by atoms with van der Waals surface area (Å²) in [7, 11) is 0. The minimum Gasteiger partial charge on any atom is -0.395 e. The Labute approximate surface area is 235 Å². The zero-order chi connectivity index (χ0) is 28.7. The van der Waals surface area contributed by atoms with E-state index in [2.05, 4.69) is 17.2 Å². The molecule has 0 aromatic heterocycles. The van der Waals surface area contributed by atoms with Gasteiger partial charge in [0, 0.05) is 43.2 Å². The van der Waals surface area contributed by atoms with Crippen molar-refractivity contribution in [2.24, 2.45) is 5.92 Å². The number of aliphatic hydroxyl groups is 2. The molecule has 1 fully saturated rings. The summed E-state index contributed by atoms with van der Waals surface area (Å²) in [6, 6.07) is 14.4. The molecule has 0 aliphatic carbocycles. The van der Waals surface area contributed by atoms with Crippen LogP contribution < -0.4 is 15.5 Å². The molecular weight excluding hydrogens is 508 g/mol. The molecule has 2 aromatic rings. The number of rotatable bonds is 12. The number of nitrogens with one attached hydrogen (secondary N) is 2. The molecule has 212 valence electrons. The van der Waals surface area contributed by atoms with Gasteiger partial charge in [0.2, 0.25) is 11.8 Å². The van der Waals surface area contributed by atoms with Crippen molar-refractivity contribution in [3.63, 3.8) is 0 Å². The maximum atomic E-state index is 13.5. The lowest BCUT2D eigenvalue weighted by Gasteiger charge is -2.27. The average Bonchev–Trinajstić information content (AvgIpc) is 3.57. The molecule has 9 heteroatoms. The fourth-order valence-electron chi connectivity index (χ4n) is 5.33. The Kier molecular flexibility index (Phi) is 9.52. The third-order valence-electron chi connectivity index (χ3n) is 7.54. The van der Waals surface area contributed by atoms with Gasteiger partial charge in [-0.1, -0.05) is 55.5 Å². The van der Waals surface area contributed by atoms with Gasteiger partial charge in [-0.05, 0) is 43.1 Å². The molecule has 0 bridgehead atoms. The zero-order valence-electron chi connectivity index (χ0n) is 22.9. The second-order valence-corrected chi connectivity index (χ2v) is 10.3. The number of benzene rings is 2. The van der Waals surface area contributed by atoms with Crippen LogP contribution in [0.4, 0.5) is 11.4 Å². The van der Waals surface area contributed by atoms with Crippen LogP contribution >= 0.6 is 0 Å². The van der Waals surface area contributed by atoms with E-state index in [1.165, 1.54) is 4.90 Å². The first kappa shape index (κ1) is 29.2. The van der Waals surface area contributed by atoms with Gasteiger partial charge in [-0.3, -0.25) is 14.4 Å². The highest BCUT2D eigenvalue weighted by Gasteiger charge is 2.52. The number of aliphatic hydroxyl groups excluding tert-OH is 1. The lowest BCUT2D eigenvalue weighted by molar-refractivity contribution is -0.139. The predicted molar refractivity (Wildman–Crippen MR) is 154 cm³/mol. The van der Waals surface area contributed by atoms with Gasteiger partial charge in [-0.15, -0.1) is 6.58 Å². The third kappa shape index (κ3) is 6.17. The molecule has 4 N–H and O–H groups in total. The SMILES string of the molecule is C=CCN1C(=O)[C@](O)([C@H](C)/C=C/CC(=O)N(CCO)Cc2ccccc2)c2cc(NC(=O)[C@H]3CCCN3)ccc21. The normalized spacial score (nSPS) is 20.9. The van der Waals surface area contributed by atoms with Gasteiger partial charge >= 0.3 is 0 Å². The molecule has 3 atom stereocenters. The number of carbonyl (C=O) groups excluding carboxylic acids is 3. The van der Waals surface area contributed by atoms with Crippen molar-refractivity contribution in [3.8, 4) is 0 Å². The Morgan fingerprint density at radius 1 is 1.27 bits per heavy atom. The van der Waals surface area contributed by atoms with Gasteiger partial charge in [0.25, 0.3) is 5.91 Å². The molecule has 1 saturated heterocycles. The van der Waals surface area contributed by atoms with Crippen LogP contribution in [0.1, 0.15) is 37.3 Å². The van der Waals surface area contributed by atoms with Crippen LogP contribution in [0, 0.1) is 5.92 Å². The average molecular weight is 547 g/mol. The molecular formula is C31H38N4O5. The smallest absolute Gasteiger partial charge is 0.264 e. The summed E-state index contributed by atoms with van der Waals surface area (Å²) in [5.41, 5.74) is 0.511. The molecule has 2 aromatic carbocycles. The van der Waals surface area contributed by atoms with E-state index in [1.54, 1.807) is 48.3 Å². The molecule has 2 heterocycles. The zero-order valence-corrected chi connectivity index (χ0v) is 22.9. The fraction of sp³-hybridized carbons (Fsp3) is 0.387. The molecule has 0 radical (unpaired) electrons. The monoisotopic (exact) mass is 546 g/mol. The van der Waals surface area contributed by atoms with Crippen molar-refractivity contribution in [1.29, 1.82) is 0 Å². The largest absolute Gasteiger partial charge is 0.395 e. The van der Waals surface area contributed by atoms with Crippen molar-refractivity contribution < 1.29 is 24.6 Å². The minimum absolute atomic E-state index is 0.0508. The summed E-state index contributed by atoms with van der Waals surface area (Å²) < 4.78 is 0. The Bertz CT molecular complexity index is 1260. The summed E-state index contributed by atoms with van der Waals surface area (Å²) in [6.45, 7) is 6.91. The van der Waals surface area contributed by atoms with Crippen molar-refractivity contribution in [2.75, 3.05) is 36.5 Å². The number of amides is 3. The van der Waals surface area contributed by atoms with Crippen molar-refractivity contribution in [1.82, 2.24) is 10.2 Å². The van der Waals surface area contributed by atoms with E-state index in [0.29, 0.717) is 23.5 Å². The molecule has 4 rings (SSSR count). The van der Waals surface area contributed by atoms with E-state index in [9.17, 15) is 24.6 Å². The maximum absolute atomic E-state index is 13.5. The summed E-state index contributed by atoms with van der Waals surface area (Å²) in [5, 5.41) is 27.4. The van der Waals surface area contributed by atoms with Crippen LogP contribution in [0.3, 0.4) is 0 Å². The van der Waals surface area contributed by atoms with E-state index >= 15 is 0 Å². The van der Waals surface area contributed by atoms with E-state index in [4.69, 9.17) is 0 Å². The summed E-state index contributed by atoms with van der Waals surface area (Å²) in [4.78, 5) is 42.2. The Balaban J connectivity index is 1.52. The molecule has 0 saturated carbocycles. The van der Waals surface area contributed by atoms with E-state index in [0.717, 1.165) is 24.9 Å². The van der Waals surface area contributed by atoms with Crippen LogP contribution in [0.15, 0.2) is 73.3 Å². The topological polar surface area (TPSA) is 122 Å². The van der Waals surface area contributed by atoms with Crippen LogP contribution in [0.25, 0.3) is 0 Å². The highest BCUT2D eigenvalue weighted by atomic mass is 16.3. The van der Waals surface area contributed by atoms with Crippen LogP contribution in [0.2, 0.25) is 0 Å².